The number of aromatic hydroxyl groups is 1. The number of anilines is 1. The quantitative estimate of drug-likeness (QED) is 0.898. The molecule has 0 aliphatic heterocycles. The van der Waals surface area contributed by atoms with Gasteiger partial charge in [0.25, 0.3) is 10.0 Å². The highest BCUT2D eigenvalue weighted by atomic mass is 79.9. The van der Waals surface area contributed by atoms with E-state index < -0.39 is 10.0 Å². The standard InChI is InChI=1S/C12H11BrN2O3S/c1-8-6-7-10(16)12(14-8)15-19(17,18)11-5-3-2-4-9(11)13/h2-7,16H,1H3,(H,14,15). The fourth-order valence-corrected chi connectivity index (χ4v) is 3.49. The molecule has 0 bridgehead atoms. The molecule has 2 rings (SSSR count). The summed E-state index contributed by atoms with van der Waals surface area (Å²) in [7, 11) is -3.80. The second-order valence-electron chi connectivity index (χ2n) is 3.86. The SMILES string of the molecule is Cc1ccc(O)c(NS(=O)(=O)c2ccccc2Br)n1. The molecule has 1 aromatic heterocycles. The second-order valence-corrected chi connectivity index (χ2v) is 6.36. The number of aryl methyl sites for hydroxylation is 1. The van der Waals surface area contributed by atoms with E-state index in [0.29, 0.717) is 10.2 Å². The lowest BCUT2D eigenvalue weighted by Gasteiger charge is -2.10. The maximum Gasteiger partial charge on any atom is 0.264 e. The Hall–Kier alpha value is -1.60. The van der Waals surface area contributed by atoms with Crippen LogP contribution in [-0.2, 0) is 10.0 Å². The minimum atomic E-state index is -3.80. The molecule has 5 nitrogen and oxygen atoms in total. The largest absolute Gasteiger partial charge is 0.504 e. The number of hydrogen-bond acceptors (Lipinski definition) is 4. The summed E-state index contributed by atoms with van der Waals surface area (Å²) in [5.74, 6) is -0.308. The van der Waals surface area contributed by atoms with Gasteiger partial charge in [-0.3, -0.25) is 4.72 Å². The van der Waals surface area contributed by atoms with Crippen LogP contribution in [0.15, 0.2) is 45.8 Å². The van der Waals surface area contributed by atoms with E-state index in [1.54, 1.807) is 31.2 Å². The van der Waals surface area contributed by atoms with Gasteiger partial charge in [-0.25, -0.2) is 13.4 Å². The Labute approximate surface area is 119 Å². The minimum Gasteiger partial charge on any atom is -0.504 e. The molecule has 0 saturated heterocycles. The smallest absolute Gasteiger partial charge is 0.264 e. The number of benzene rings is 1. The van der Waals surface area contributed by atoms with Gasteiger partial charge in [0.15, 0.2) is 11.6 Å². The highest BCUT2D eigenvalue weighted by Crippen LogP contribution is 2.26. The molecule has 2 aromatic rings. The van der Waals surface area contributed by atoms with Crippen molar-refractivity contribution < 1.29 is 13.5 Å². The van der Waals surface area contributed by atoms with Gasteiger partial charge in [0.1, 0.15) is 4.90 Å². The van der Waals surface area contributed by atoms with E-state index in [2.05, 4.69) is 25.6 Å². The van der Waals surface area contributed by atoms with Gasteiger partial charge in [-0.2, -0.15) is 0 Å². The fraction of sp³-hybridized carbons (Fsp3) is 0.0833. The highest BCUT2D eigenvalue weighted by Gasteiger charge is 2.19. The summed E-state index contributed by atoms with van der Waals surface area (Å²) in [6.07, 6.45) is 0. The van der Waals surface area contributed by atoms with E-state index in [1.807, 2.05) is 0 Å². The van der Waals surface area contributed by atoms with Crippen LogP contribution in [0.25, 0.3) is 0 Å². The van der Waals surface area contributed by atoms with E-state index in [4.69, 9.17) is 0 Å². The van der Waals surface area contributed by atoms with E-state index in [9.17, 15) is 13.5 Å². The molecule has 0 aliphatic rings. The van der Waals surface area contributed by atoms with Crippen LogP contribution in [0, 0.1) is 6.92 Å². The summed E-state index contributed by atoms with van der Waals surface area (Å²) in [5, 5.41) is 9.61. The van der Waals surface area contributed by atoms with Crippen molar-refractivity contribution in [2.75, 3.05) is 4.72 Å². The van der Waals surface area contributed by atoms with Gasteiger partial charge in [-0.15, -0.1) is 0 Å². The number of hydrogen-bond donors (Lipinski definition) is 2. The van der Waals surface area contributed by atoms with Crippen LogP contribution in [0.1, 0.15) is 5.69 Å². The lowest BCUT2D eigenvalue weighted by atomic mass is 10.3. The Bertz CT molecular complexity index is 717. The molecule has 100 valence electrons. The first-order valence-corrected chi connectivity index (χ1v) is 7.62. The monoisotopic (exact) mass is 342 g/mol. The average molecular weight is 343 g/mol. The van der Waals surface area contributed by atoms with Gasteiger partial charge in [0.05, 0.1) is 0 Å². The molecule has 0 spiro atoms. The Morgan fingerprint density at radius 2 is 1.89 bits per heavy atom. The Balaban J connectivity index is 2.43. The summed E-state index contributed by atoms with van der Waals surface area (Å²) in [6, 6.07) is 9.39. The number of nitrogens with zero attached hydrogens (tertiary/aromatic N) is 1. The fourth-order valence-electron chi connectivity index (χ4n) is 1.47. The van der Waals surface area contributed by atoms with Crippen molar-refractivity contribution in [3.63, 3.8) is 0 Å². The first-order valence-electron chi connectivity index (χ1n) is 5.34. The van der Waals surface area contributed by atoms with Crippen LogP contribution >= 0.6 is 15.9 Å². The number of nitrogens with one attached hydrogen (secondary N) is 1. The van der Waals surface area contributed by atoms with Gasteiger partial charge in [0.2, 0.25) is 0 Å². The molecule has 7 heteroatoms. The van der Waals surface area contributed by atoms with Crippen molar-refractivity contribution in [2.24, 2.45) is 0 Å². The molecule has 0 aliphatic carbocycles. The number of rotatable bonds is 3. The number of sulfonamides is 1. The summed E-state index contributed by atoms with van der Waals surface area (Å²) >= 11 is 3.18. The van der Waals surface area contributed by atoms with Crippen molar-refractivity contribution in [3.05, 3.63) is 46.6 Å². The molecular formula is C12H11BrN2O3S. The van der Waals surface area contributed by atoms with Crippen molar-refractivity contribution in [2.45, 2.75) is 11.8 Å². The predicted molar refractivity (Wildman–Crippen MR) is 75.6 cm³/mol. The maximum absolute atomic E-state index is 12.2. The van der Waals surface area contributed by atoms with Crippen LogP contribution in [0.2, 0.25) is 0 Å². The molecule has 0 fully saturated rings. The van der Waals surface area contributed by atoms with Crippen molar-refractivity contribution >= 4 is 31.8 Å². The maximum atomic E-state index is 12.2. The molecule has 19 heavy (non-hydrogen) atoms. The zero-order valence-corrected chi connectivity index (χ0v) is 12.4. The third-order valence-corrected chi connectivity index (χ3v) is 4.72. The minimum absolute atomic E-state index is 0.0812. The topological polar surface area (TPSA) is 79.3 Å². The Kier molecular flexibility index (Phi) is 3.77. The Morgan fingerprint density at radius 1 is 1.21 bits per heavy atom. The lowest BCUT2D eigenvalue weighted by molar-refractivity contribution is 0.475. The molecule has 0 atom stereocenters. The number of aromatic nitrogens is 1. The van der Waals surface area contributed by atoms with Crippen LogP contribution in [0.4, 0.5) is 5.82 Å². The third kappa shape index (κ3) is 3.05. The molecule has 1 aromatic carbocycles. The lowest BCUT2D eigenvalue weighted by Crippen LogP contribution is -2.14. The zero-order valence-electron chi connectivity index (χ0n) is 9.96. The first-order chi connectivity index (χ1) is 8.90. The van der Waals surface area contributed by atoms with E-state index in [0.717, 1.165) is 0 Å². The first kappa shape index (κ1) is 13.8. The van der Waals surface area contributed by atoms with Crippen molar-refractivity contribution in [3.8, 4) is 5.75 Å². The second kappa shape index (κ2) is 5.18. The van der Waals surface area contributed by atoms with Crippen molar-refractivity contribution in [1.82, 2.24) is 4.98 Å². The van der Waals surface area contributed by atoms with E-state index in [1.165, 1.54) is 12.1 Å². The molecule has 0 unspecified atom stereocenters. The van der Waals surface area contributed by atoms with E-state index >= 15 is 0 Å². The summed E-state index contributed by atoms with van der Waals surface area (Å²) < 4.78 is 27.1. The molecule has 2 N–H and O–H groups in total. The van der Waals surface area contributed by atoms with Gasteiger partial charge < -0.3 is 5.11 Å². The van der Waals surface area contributed by atoms with Crippen molar-refractivity contribution in [1.29, 1.82) is 0 Å². The van der Waals surface area contributed by atoms with Crippen LogP contribution in [-0.4, -0.2) is 18.5 Å². The summed E-state index contributed by atoms with van der Waals surface area (Å²) in [6.45, 7) is 1.70. The van der Waals surface area contributed by atoms with Crippen LogP contribution in [0.3, 0.4) is 0 Å². The van der Waals surface area contributed by atoms with Gasteiger partial charge in [-0.1, -0.05) is 12.1 Å². The molecule has 0 saturated carbocycles. The normalized spacial score (nSPS) is 11.3. The van der Waals surface area contributed by atoms with Gasteiger partial charge in [-0.05, 0) is 47.1 Å². The average Bonchev–Trinajstić information content (AvgIpc) is 2.34. The van der Waals surface area contributed by atoms with Crippen LogP contribution in [0.5, 0.6) is 5.75 Å². The third-order valence-electron chi connectivity index (χ3n) is 2.37. The Morgan fingerprint density at radius 3 is 2.58 bits per heavy atom. The molecule has 1 heterocycles. The predicted octanol–water partition coefficient (Wildman–Crippen LogP) is 2.66. The summed E-state index contributed by atoms with van der Waals surface area (Å²) in [5.41, 5.74) is 0.600. The van der Waals surface area contributed by atoms with E-state index in [-0.39, 0.29) is 16.5 Å². The zero-order chi connectivity index (χ0) is 14.0. The van der Waals surface area contributed by atoms with Crippen LogP contribution < -0.4 is 4.72 Å². The molecule has 0 amide bonds. The number of pyridine rings is 1. The highest BCUT2D eigenvalue weighted by molar-refractivity contribution is 9.10. The summed E-state index contributed by atoms with van der Waals surface area (Å²) in [4.78, 5) is 4.04. The molecule has 0 radical (unpaired) electrons. The molecular weight excluding hydrogens is 332 g/mol. The van der Waals surface area contributed by atoms with Gasteiger partial charge >= 0.3 is 0 Å². The van der Waals surface area contributed by atoms with Gasteiger partial charge in [0, 0.05) is 10.2 Å². The number of halogens is 1.